The minimum Gasteiger partial charge on any atom is -0.353 e. The maximum absolute atomic E-state index is 5.39. The molecule has 1 rings (SSSR count). The molecule has 1 aliphatic rings. The molecule has 0 aliphatic carbocycles. The van der Waals surface area contributed by atoms with Crippen LogP contribution in [-0.2, 0) is 14.2 Å². The lowest BCUT2D eigenvalue weighted by Gasteiger charge is -2.25. The molecule has 0 spiro atoms. The lowest BCUT2D eigenvalue weighted by atomic mass is 10.2. The van der Waals surface area contributed by atoms with Crippen LogP contribution >= 0.6 is 0 Å². The van der Waals surface area contributed by atoms with Crippen molar-refractivity contribution in [2.24, 2.45) is 0 Å². The van der Waals surface area contributed by atoms with Gasteiger partial charge in [0.25, 0.3) is 0 Å². The van der Waals surface area contributed by atoms with Gasteiger partial charge < -0.3 is 14.2 Å². The van der Waals surface area contributed by atoms with E-state index < -0.39 is 5.79 Å². The first-order valence-corrected chi connectivity index (χ1v) is 3.62. The van der Waals surface area contributed by atoms with E-state index in [-0.39, 0.29) is 0 Å². The number of rotatable bonds is 1. The van der Waals surface area contributed by atoms with E-state index in [9.17, 15) is 0 Å². The number of hydrogen-bond acceptors (Lipinski definition) is 3. The Labute approximate surface area is 61.3 Å². The third-order valence-corrected chi connectivity index (χ3v) is 1.72. The van der Waals surface area contributed by atoms with Gasteiger partial charge in [0.05, 0.1) is 13.2 Å². The largest absolute Gasteiger partial charge is 0.353 e. The lowest BCUT2D eigenvalue weighted by molar-refractivity contribution is -0.230. The Morgan fingerprint density at radius 3 is 2.80 bits per heavy atom. The summed E-state index contributed by atoms with van der Waals surface area (Å²) in [4.78, 5) is 0. The Morgan fingerprint density at radius 2 is 2.10 bits per heavy atom. The van der Waals surface area contributed by atoms with Gasteiger partial charge in [0.15, 0.2) is 5.79 Å². The minimum absolute atomic E-state index is 0.352. The average molecular weight is 146 g/mol. The molecular formula is C7H14O3. The van der Waals surface area contributed by atoms with Crippen molar-refractivity contribution in [3.63, 3.8) is 0 Å². The molecule has 0 aromatic rings. The lowest BCUT2D eigenvalue weighted by Crippen LogP contribution is -2.30. The van der Waals surface area contributed by atoms with Crippen LogP contribution in [0.25, 0.3) is 0 Å². The van der Waals surface area contributed by atoms with Crippen molar-refractivity contribution >= 4 is 0 Å². The Balaban J connectivity index is 2.41. The van der Waals surface area contributed by atoms with E-state index in [1.165, 1.54) is 0 Å². The monoisotopic (exact) mass is 146 g/mol. The van der Waals surface area contributed by atoms with Crippen molar-refractivity contribution in [3.05, 3.63) is 0 Å². The van der Waals surface area contributed by atoms with Gasteiger partial charge in [-0.25, -0.2) is 0 Å². The summed E-state index contributed by atoms with van der Waals surface area (Å²) in [5, 5.41) is 0. The predicted octanol–water partition coefficient (Wildman–Crippen LogP) is 1.13. The summed E-state index contributed by atoms with van der Waals surface area (Å²) < 4.78 is 15.7. The second kappa shape index (κ2) is 3.32. The first-order chi connectivity index (χ1) is 4.77. The van der Waals surface area contributed by atoms with Gasteiger partial charge in [0, 0.05) is 0 Å². The van der Waals surface area contributed by atoms with E-state index in [4.69, 9.17) is 14.2 Å². The Bertz CT molecular complexity index is 95.0. The zero-order valence-corrected chi connectivity index (χ0v) is 6.55. The molecule has 60 valence electrons. The van der Waals surface area contributed by atoms with E-state index in [2.05, 4.69) is 0 Å². The molecular weight excluding hydrogens is 132 g/mol. The molecule has 3 heteroatoms. The van der Waals surface area contributed by atoms with E-state index >= 15 is 0 Å². The number of ether oxygens (including phenoxy) is 3. The van der Waals surface area contributed by atoms with E-state index in [1.807, 2.05) is 13.8 Å². The van der Waals surface area contributed by atoms with Crippen LogP contribution < -0.4 is 0 Å². The van der Waals surface area contributed by atoms with Crippen molar-refractivity contribution in [3.8, 4) is 0 Å². The highest BCUT2D eigenvalue weighted by atomic mass is 16.8. The van der Waals surface area contributed by atoms with Crippen LogP contribution in [0.5, 0.6) is 0 Å². The normalized spacial score (nSPS) is 35.4. The summed E-state index contributed by atoms with van der Waals surface area (Å²) in [6, 6.07) is 0. The van der Waals surface area contributed by atoms with Crippen molar-refractivity contribution in [2.45, 2.75) is 26.1 Å². The Morgan fingerprint density at radius 1 is 1.30 bits per heavy atom. The summed E-state index contributed by atoms with van der Waals surface area (Å²) in [6.07, 6.45) is 0.857. The molecule has 0 saturated carbocycles. The van der Waals surface area contributed by atoms with Gasteiger partial charge in [-0.05, 0) is 13.3 Å². The van der Waals surface area contributed by atoms with Crippen molar-refractivity contribution in [2.75, 3.05) is 20.0 Å². The van der Waals surface area contributed by atoms with Gasteiger partial charge in [-0.2, -0.15) is 0 Å². The average Bonchev–Trinajstić information content (AvgIpc) is 2.15. The van der Waals surface area contributed by atoms with E-state index in [0.717, 1.165) is 6.42 Å². The fourth-order valence-electron chi connectivity index (χ4n) is 0.788. The quantitative estimate of drug-likeness (QED) is 0.555. The van der Waals surface area contributed by atoms with Crippen molar-refractivity contribution in [1.82, 2.24) is 0 Å². The second-order valence-corrected chi connectivity index (χ2v) is 2.51. The molecule has 0 amide bonds. The molecule has 0 aromatic carbocycles. The predicted molar refractivity (Wildman–Crippen MR) is 36.6 cm³/mol. The summed E-state index contributed by atoms with van der Waals surface area (Å²) >= 11 is 0. The molecule has 3 nitrogen and oxygen atoms in total. The van der Waals surface area contributed by atoms with Gasteiger partial charge in [-0.1, -0.05) is 6.92 Å². The maximum Gasteiger partial charge on any atom is 0.168 e. The standard InChI is InChI=1S/C7H14O3/c1-3-7(2)9-5-4-8-6-10-7/h3-6H2,1-2H3. The molecule has 10 heavy (non-hydrogen) atoms. The van der Waals surface area contributed by atoms with Crippen LogP contribution in [0.15, 0.2) is 0 Å². The molecule has 0 bridgehead atoms. The summed E-state index contributed by atoms with van der Waals surface area (Å²) in [5.74, 6) is -0.420. The molecule has 1 unspecified atom stereocenters. The zero-order valence-electron chi connectivity index (χ0n) is 6.55. The molecule has 1 saturated heterocycles. The zero-order chi connectivity index (χ0) is 7.45. The van der Waals surface area contributed by atoms with Gasteiger partial charge in [0.2, 0.25) is 0 Å². The molecule has 1 atom stereocenters. The van der Waals surface area contributed by atoms with Crippen LogP contribution in [0.1, 0.15) is 20.3 Å². The Kier molecular flexibility index (Phi) is 2.65. The third kappa shape index (κ3) is 1.94. The third-order valence-electron chi connectivity index (χ3n) is 1.72. The van der Waals surface area contributed by atoms with Gasteiger partial charge in [0.1, 0.15) is 6.79 Å². The first-order valence-electron chi connectivity index (χ1n) is 3.62. The highest BCUT2D eigenvalue weighted by Crippen LogP contribution is 2.18. The summed E-state index contributed by atoms with van der Waals surface area (Å²) in [5.41, 5.74) is 0. The fraction of sp³-hybridized carbons (Fsp3) is 1.00. The molecule has 0 radical (unpaired) electrons. The first kappa shape index (κ1) is 7.98. The molecule has 1 heterocycles. The number of hydrogen-bond donors (Lipinski definition) is 0. The van der Waals surface area contributed by atoms with Crippen LogP contribution in [0.2, 0.25) is 0 Å². The Hall–Kier alpha value is -0.120. The highest BCUT2D eigenvalue weighted by molar-refractivity contribution is 4.60. The smallest absolute Gasteiger partial charge is 0.168 e. The summed E-state index contributed by atoms with van der Waals surface area (Å²) in [6.45, 7) is 5.58. The van der Waals surface area contributed by atoms with Gasteiger partial charge in [-0.3, -0.25) is 0 Å². The molecule has 1 aliphatic heterocycles. The van der Waals surface area contributed by atoms with Gasteiger partial charge >= 0.3 is 0 Å². The SMILES string of the molecule is CCC1(C)OCCOCO1. The maximum atomic E-state index is 5.39. The second-order valence-electron chi connectivity index (χ2n) is 2.51. The molecule has 0 aromatic heterocycles. The van der Waals surface area contributed by atoms with Crippen LogP contribution in [0, 0.1) is 0 Å². The van der Waals surface area contributed by atoms with Gasteiger partial charge in [-0.15, -0.1) is 0 Å². The van der Waals surface area contributed by atoms with Crippen LogP contribution in [0.3, 0.4) is 0 Å². The topological polar surface area (TPSA) is 27.7 Å². The van der Waals surface area contributed by atoms with E-state index in [0.29, 0.717) is 20.0 Å². The molecule has 0 N–H and O–H groups in total. The summed E-state index contributed by atoms with van der Waals surface area (Å²) in [7, 11) is 0. The fourth-order valence-corrected chi connectivity index (χ4v) is 0.788. The molecule has 1 fully saturated rings. The van der Waals surface area contributed by atoms with Crippen molar-refractivity contribution < 1.29 is 14.2 Å². The van der Waals surface area contributed by atoms with Crippen molar-refractivity contribution in [1.29, 1.82) is 0 Å². The van der Waals surface area contributed by atoms with Crippen LogP contribution in [0.4, 0.5) is 0 Å². The minimum atomic E-state index is -0.420. The van der Waals surface area contributed by atoms with Crippen LogP contribution in [-0.4, -0.2) is 25.8 Å². The highest BCUT2D eigenvalue weighted by Gasteiger charge is 2.25. The van der Waals surface area contributed by atoms with E-state index in [1.54, 1.807) is 0 Å².